The lowest BCUT2D eigenvalue weighted by Crippen LogP contribution is -2.71. The van der Waals surface area contributed by atoms with Crippen molar-refractivity contribution in [3.8, 4) is 0 Å². The van der Waals surface area contributed by atoms with E-state index in [0.29, 0.717) is 17.1 Å². The summed E-state index contributed by atoms with van der Waals surface area (Å²) in [5, 5.41) is 13.1. The van der Waals surface area contributed by atoms with Gasteiger partial charge in [-0.25, -0.2) is 14.6 Å². The van der Waals surface area contributed by atoms with Gasteiger partial charge in [-0.1, -0.05) is 226 Å². The number of carbonyl (C=O) groups excluding carboxylic acids is 4. The SMILES string of the molecule is CC(OC(=O)OCCC(C)(C)C)OC(=O)C1=C(/C=C\c2cccnc2)CS[C@@H]2[C@H](NC(=O)C(=NOC(c3ccccc3)(c3ccccc3)c3ccccc3)c3csc(NC(c4ccccc4)(c4ccccc4)c4ccccc4)n3)C(=O)N12. The predicted molar refractivity (Wildman–Crippen MR) is 319 cm³/mol. The molecule has 2 aromatic heterocycles. The summed E-state index contributed by atoms with van der Waals surface area (Å²) in [6, 6.07) is 61.7. The molecule has 0 saturated carbocycles. The fourth-order valence-corrected chi connectivity index (χ4v) is 11.9. The Bertz CT molecular complexity index is 3390. The van der Waals surface area contributed by atoms with Crippen molar-refractivity contribution in [2.75, 3.05) is 17.7 Å². The average molecular weight is 1130 g/mol. The summed E-state index contributed by atoms with van der Waals surface area (Å²) in [7, 11) is 0. The van der Waals surface area contributed by atoms with Gasteiger partial charge in [0.25, 0.3) is 11.8 Å². The lowest BCUT2D eigenvalue weighted by atomic mass is 9.77. The number of hydrogen-bond donors (Lipinski definition) is 2. The highest BCUT2D eigenvalue weighted by Crippen LogP contribution is 2.44. The first-order chi connectivity index (χ1) is 39.8. The summed E-state index contributed by atoms with van der Waals surface area (Å²) in [6.07, 6.45) is 5.01. The number of carbonyl (C=O) groups is 4. The van der Waals surface area contributed by atoms with Crippen LogP contribution < -0.4 is 10.6 Å². The first-order valence-corrected chi connectivity index (χ1v) is 28.7. The molecule has 1 saturated heterocycles. The van der Waals surface area contributed by atoms with Gasteiger partial charge in [-0.15, -0.1) is 23.1 Å². The molecule has 10 rings (SSSR count). The molecule has 82 heavy (non-hydrogen) atoms. The Kier molecular flexibility index (Phi) is 17.2. The van der Waals surface area contributed by atoms with Crippen LogP contribution in [0.4, 0.5) is 9.93 Å². The number of esters is 1. The fourth-order valence-electron chi connectivity index (χ4n) is 9.86. The Hall–Kier alpha value is -9.12. The zero-order chi connectivity index (χ0) is 57.1. The fraction of sp³-hybridized carbons (Fsp3) is 0.197. The molecule has 414 valence electrons. The lowest BCUT2D eigenvalue weighted by Gasteiger charge is -2.49. The maximum Gasteiger partial charge on any atom is 0.511 e. The Morgan fingerprint density at radius 3 is 1.73 bits per heavy atom. The number of allylic oxidation sites excluding steroid dienone is 1. The van der Waals surface area contributed by atoms with Crippen LogP contribution in [-0.4, -0.2) is 74.6 Å². The number of rotatable bonds is 20. The van der Waals surface area contributed by atoms with Crippen LogP contribution in [-0.2, 0) is 44.6 Å². The van der Waals surface area contributed by atoms with Gasteiger partial charge in [0.15, 0.2) is 10.8 Å². The minimum absolute atomic E-state index is 0.0690. The second-order valence-corrected chi connectivity index (χ2v) is 22.6. The Balaban J connectivity index is 1.02. The molecule has 2 aliphatic heterocycles. The molecule has 8 aromatic rings. The zero-order valence-corrected chi connectivity index (χ0v) is 47.2. The maximum absolute atomic E-state index is 15.4. The van der Waals surface area contributed by atoms with Crippen molar-refractivity contribution in [2.24, 2.45) is 10.6 Å². The number of aromatic nitrogens is 2. The molecule has 14 nitrogen and oxygen atoms in total. The normalized spacial score (nSPS) is 15.9. The molecule has 3 atom stereocenters. The van der Waals surface area contributed by atoms with E-state index in [2.05, 4.69) is 52.0 Å². The Morgan fingerprint density at radius 2 is 1.23 bits per heavy atom. The number of hydrogen-bond acceptors (Lipinski definition) is 14. The first-order valence-electron chi connectivity index (χ1n) is 26.8. The van der Waals surface area contributed by atoms with Crippen molar-refractivity contribution < 1.29 is 38.2 Å². The van der Waals surface area contributed by atoms with E-state index in [1.807, 2.05) is 172 Å². The number of benzene rings is 6. The molecule has 4 heterocycles. The van der Waals surface area contributed by atoms with Crippen molar-refractivity contribution in [2.45, 2.75) is 63.0 Å². The van der Waals surface area contributed by atoms with Gasteiger partial charge in [0.2, 0.25) is 11.9 Å². The molecule has 0 bridgehead atoms. The molecule has 16 heteroatoms. The summed E-state index contributed by atoms with van der Waals surface area (Å²) in [5.41, 5.74) is 3.66. The summed E-state index contributed by atoms with van der Waals surface area (Å²) >= 11 is 2.63. The third-order valence-electron chi connectivity index (χ3n) is 13.9. The van der Waals surface area contributed by atoms with Crippen molar-refractivity contribution in [3.05, 3.63) is 274 Å². The topological polar surface area (TPSA) is 171 Å². The van der Waals surface area contributed by atoms with Crippen LogP contribution in [0.3, 0.4) is 0 Å². The van der Waals surface area contributed by atoms with Gasteiger partial charge in [0.1, 0.15) is 28.3 Å². The third-order valence-corrected chi connectivity index (χ3v) is 16.0. The highest BCUT2D eigenvalue weighted by Gasteiger charge is 2.55. The number of thioether (sulfide) groups is 1. The van der Waals surface area contributed by atoms with Gasteiger partial charge in [0.05, 0.1) is 6.61 Å². The van der Waals surface area contributed by atoms with Gasteiger partial charge >= 0.3 is 12.1 Å². The van der Waals surface area contributed by atoms with Gasteiger partial charge in [-0.3, -0.25) is 19.5 Å². The minimum Gasteiger partial charge on any atom is -0.434 e. The number of pyridine rings is 1. The monoisotopic (exact) mass is 1130 g/mol. The summed E-state index contributed by atoms with van der Waals surface area (Å²) in [5.74, 6) is -2.04. The Morgan fingerprint density at radius 1 is 0.707 bits per heavy atom. The van der Waals surface area contributed by atoms with Gasteiger partial charge in [-0.2, -0.15) is 0 Å². The largest absolute Gasteiger partial charge is 0.511 e. The van der Waals surface area contributed by atoms with Crippen LogP contribution in [0.25, 0.3) is 6.08 Å². The second-order valence-electron chi connectivity index (χ2n) is 20.7. The molecule has 0 spiro atoms. The number of β-lactam (4-membered cyclic amide) rings is 1. The van der Waals surface area contributed by atoms with Crippen LogP contribution in [0, 0.1) is 5.41 Å². The van der Waals surface area contributed by atoms with Crippen LogP contribution in [0.5, 0.6) is 0 Å². The van der Waals surface area contributed by atoms with E-state index >= 15 is 4.79 Å². The molecule has 1 unspecified atom stereocenters. The third kappa shape index (κ3) is 12.3. The zero-order valence-electron chi connectivity index (χ0n) is 45.6. The van der Waals surface area contributed by atoms with Gasteiger partial charge < -0.3 is 29.7 Å². The quantitative estimate of drug-likeness (QED) is 0.0185. The molecule has 1 fully saturated rings. The Labute approximate surface area is 484 Å². The van der Waals surface area contributed by atoms with Crippen molar-refractivity contribution in [1.82, 2.24) is 20.2 Å². The highest BCUT2D eigenvalue weighted by molar-refractivity contribution is 8.00. The minimum atomic E-state index is -1.40. The standard InChI is InChI=1S/C66H60N6O8S2/c1-45(79-63(76)77-41-39-64(2,3)4)78-61(75)57-47(38-37-46-24-23-40-67-42-46)43-81-60-56(59(74)72(57)60)69-58(73)55(71-80-66(51-31-17-8-18-32-51,52-33-19-9-20-34-52)53-35-21-10-22-36-53)54-44-82-62(68-54)70-65(48-25-11-5-12-26-48,49-27-13-6-14-28-49)50-29-15-7-16-30-50/h5-38,40,42,44-45,56,60H,39,41,43H2,1-4H3,(H,68,70)(H,69,73)/b38-37-,71-55?/t45?,56-,60-/m1/s1. The second kappa shape index (κ2) is 25.1. The molecule has 0 aliphatic carbocycles. The number of nitrogens with one attached hydrogen (secondary N) is 2. The van der Waals surface area contributed by atoms with E-state index in [1.54, 1.807) is 36.0 Å². The van der Waals surface area contributed by atoms with E-state index in [1.165, 1.54) is 34.9 Å². The van der Waals surface area contributed by atoms with Crippen molar-refractivity contribution in [3.63, 3.8) is 0 Å². The molecule has 2 amide bonds. The summed E-state index contributed by atoms with van der Waals surface area (Å²) < 4.78 is 16.3. The summed E-state index contributed by atoms with van der Waals surface area (Å²) in [4.78, 5) is 74.8. The van der Waals surface area contributed by atoms with Crippen LogP contribution >= 0.6 is 23.1 Å². The number of amides is 2. The average Bonchev–Trinajstić information content (AvgIpc) is 1.67. The molecule has 6 aromatic carbocycles. The lowest BCUT2D eigenvalue weighted by molar-refractivity contribution is -0.169. The molecular weight excluding hydrogens is 1070 g/mol. The number of anilines is 1. The van der Waals surface area contributed by atoms with Crippen LogP contribution in [0.2, 0.25) is 0 Å². The van der Waals surface area contributed by atoms with E-state index < -0.39 is 52.8 Å². The predicted octanol–water partition coefficient (Wildman–Crippen LogP) is 12.5. The smallest absolute Gasteiger partial charge is 0.434 e. The van der Waals surface area contributed by atoms with Gasteiger partial charge in [-0.05, 0) is 45.7 Å². The van der Waals surface area contributed by atoms with E-state index in [0.717, 1.165) is 38.9 Å². The maximum atomic E-state index is 15.4. The summed E-state index contributed by atoms with van der Waals surface area (Å²) in [6.45, 7) is 7.55. The first kappa shape index (κ1) is 56.2. The number of fused-ring (bicyclic) bond motifs is 1. The molecule has 0 radical (unpaired) electrons. The van der Waals surface area contributed by atoms with E-state index in [9.17, 15) is 14.4 Å². The number of ether oxygens (including phenoxy) is 3. The van der Waals surface area contributed by atoms with Gasteiger partial charge in [0, 0.05) is 47.1 Å². The number of oxime groups is 1. The molecular formula is C66H60N6O8S2. The van der Waals surface area contributed by atoms with E-state index in [4.69, 9.17) is 29.2 Å². The number of nitrogens with zero attached hydrogens (tertiary/aromatic N) is 4. The van der Waals surface area contributed by atoms with Crippen molar-refractivity contribution >= 4 is 64.0 Å². The molecule has 2 aliphatic rings. The number of thiazole rings is 1. The van der Waals surface area contributed by atoms with Crippen LogP contribution in [0.1, 0.15) is 78.8 Å². The highest BCUT2D eigenvalue weighted by atomic mass is 32.2. The van der Waals surface area contributed by atoms with Crippen molar-refractivity contribution in [1.29, 1.82) is 0 Å². The van der Waals surface area contributed by atoms with Crippen LogP contribution in [0.15, 0.2) is 234 Å². The molecule has 2 N–H and O–H groups in total. The van der Waals surface area contributed by atoms with E-state index in [-0.39, 0.29) is 34.9 Å².